The topological polar surface area (TPSA) is 49.5 Å². The number of aliphatic hydroxyl groups excluding tert-OH is 1. The van der Waals surface area contributed by atoms with Crippen LogP contribution in [-0.2, 0) is 0 Å². The van der Waals surface area contributed by atoms with Gasteiger partial charge in [-0.3, -0.25) is 4.90 Å². The predicted octanol–water partition coefficient (Wildman–Crippen LogP) is 0.520. The molecular weight excluding hydrogens is 164 g/mol. The van der Waals surface area contributed by atoms with Crippen molar-refractivity contribution in [1.29, 1.82) is 0 Å². The molecule has 0 unspecified atom stereocenters. The van der Waals surface area contributed by atoms with Gasteiger partial charge in [-0.05, 0) is 32.6 Å². The summed E-state index contributed by atoms with van der Waals surface area (Å²) in [4.78, 5) is 2.25. The fourth-order valence-corrected chi connectivity index (χ4v) is 1.83. The Hall–Kier alpha value is -0.720. The van der Waals surface area contributed by atoms with E-state index in [1.54, 1.807) is 0 Å². The minimum Gasteiger partial charge on any atom is -0.462 e. The summed E-state index contributed by atoms with van der Waals surface area (Å²) in [6.07, 6.45) is 3.97. The molecule has 0 aliphatic carbocycles. The van der Waals surface area contributed by atoms with Crippen LogP contribution in [0.4, 0.5) is 0 Å². The second kappa shape index (κ2) is 4.50. The summed E-state index contributed by atoms with van der Waals surface area (Å²) in [5, 5.41) is 8.56. The molecule has 1 saturated heterocycles. The second-order valence-electron chi connectivity index (χ2n) is 3.90. The fraction of sp³-hybridized carbons (Fsp3) is 0.800. The molecule has 3 nitrogen and oxygen atoms in total. The Morgan fingerprint density at radius 3 is 2.69 bits per heavy atom. The number of likely N-dealkylation sites (tertiary alicyclic amines) is 1. The van der Waals surface area contributed by atoms with E-state index in [1.165, 1.54) is 0 Å². The van der Waals surface area contributed by atoms with Crippen molar-refractivity contribution in [2.45, 2.75) is 44.8 Å². The van der Waals surface area contributed by atoms with Crippen molar-refractivity contribution in [3.63, 3.8) is 0 Å². The lowest BCUT2D eigenvalue weighted by Crippen LogP contribution is -2.51. The Labute approximate surface area is 79.9 Å². The van der Waals surface area contributed by atoms with E-state index in [0.29, 0.717) is 6.04 Å². The molecular formula is C10H18N2O. The molecule has 3 N–H and O–H groups in total. The maximum Gasteiger partial charge on any atom is 0.109 e. The normalized spacial score (nSPS) is 29.8. The van der Waals surface area contributed by atoms with Crippen LogP contribution in [0.25, 0.3) is 0 Å². The van der Waals surface area contributed by atoms with E-state index >= 15 is 0 Å². The van der Waals surface area contributed by atoms with Crippen molar-refractivity contribution < 1.29 is 5.11 Å². The minimum absolute atomic E-state index is 0.185. The molecule has 1 heterocycles. The Kier molecular flexibility index (Phi) is 3.58. The molecule has 2 atom stereocenters. The molecule has 0 aromatic rings. The van der Waals surface area contributed by atoms with Crippen LogP contribution in [0.5, 0.6) is 0 Å². The van der Waals surface area contributed by atoms with Crippen molar-refractivity contribution >= 4 is 0 Å². The van der Waals surface area contributed by atoms with Crippen LogP contribution >= 0.6 is 0 Å². The molecule has 0 amide bonds. The quantitative estimate of drug-likeness (QED) is 0.581. The maximum absolute atomic E-state index is 8.56. The zero-order chi connectivity index (χ0) is 9.84. The maximum atomic E-state index is 8.56. The second-order valence-corrected chi connectivity index (χ2v) is 3.90. The highest BCUT2D eigenvalue weighted by Gasteiger charge is 2.26. The number of aliphatic hydroxyl groups is 1. The molecule has 0 bridgehead atoms. The predicted molar refractivity (Wildman–Crippen MR) is 52.6 cm³/mol. The lowest BCUT2D eigenvalue weighted by molar-refractivity contribution is 0.131. The van der Waals surface area contributed by atoms with E-state index in [1.807, 2.05) is 6.11 Å². The number of hydrogen-bond acceptors (Lipinski definition) is 3. The van der Waals surface area contributed by atoms with Gasteiger partial charge in [-0.25, -0.2) is 0 Å². The number of piperidine rings is 1. The van der Waals surface area contributed by atoms with Crippen LogP contribution in [0.1, 0.15) is 26.7 Å². The highest BCUT2D eigenvalue weighted by molar-refractivity contribution is 5.06. The van der Waals surface area contributed by atoms with Gasteiger partial charge in [0.2, 0.25) is 0 Å². The Morgan fingerprint density at radius 1 is 1.46 bits per heavy atom. The van der Waals surface area contributed by atoms with Crippen molar-refractivity contribution in [2.24, 2.45) is 5.73 Å². The molecule has 1 aliphatic heterocycles. The Bertz CT molecular complexity index is 217. The van der Waals surface area contributed by atoms with Gasteiger partial charge in [0.15, 0.2) is 0 Å². The van der Waals surface area contributed by atoms with Crippen molar-refractivity contribution in [1.82, 2.24) is 4.90 Å². The molecule has 0 saturated carbocycles. The summed E-state index contributed by atoms with van der Waals surface area (Å²) in [6, 6.07) is 0.890. The summed E-state index contributed by atoms with van der Waals surface area (Å²) >= 11 is 0. The molecule has 3 heteroatoms. The van der Waals surface area contributed by atoms with Gasteiger partial charge in [-0.1, -0.05) is 0 Å². The fourth-order valence-electron chi connectivity index (χ4n) is 1.83. The average Bonchev–Trinajstić information content (AvgIpc) is 2.08. The van der Waals surface area contributed by atoms with E-state index in [9.17, 15) is 0 Å². The standard InChI is InChI=1S/C10H18N2O/c1-8(2)12-7-9(11)3-4-10(12)5-6-13/h8-10,13H,3-4,7,11H2,1-2H3/t9-,10+/m1/s1. The van der Waals surface area contributed by atoms with Crippen LogP contribution in [0.15, 0.2) is 0 Å². The molecule has 0 radical (unpaired) electrons. The van der Waals surface area contributed by atoms with Gasteiger partial charge in [-0.2, -0.15) is 0 Å². The summed E-state index contributed by atoms with van der Waals surface area (Å²) in [7, 11) is 0. The number of rotatable bonds is 1. The first-order valence-electron chi connectivity index (χ1n) is 4.81. The smallest absolute Gasteiger partial charge is 0.109 e. The number of nitrogens with zero attached hydrogens (tertiary/aromatic N) is 1. The third kappa shape index (κ3) is 2.61. The van der Waals surface area contributed by atoms with Crippen molar-refractivity contribution in [2.75, 3.05) is 6.54 Å². The number of hydrogen-bond donors (Lipinski definition) is 2. The van der Waals surface area contributed by atoms with Crippen LogP contribution in [-0.4, -0.2) is 34.7 Å². The van der Waals surface area contributed by atoms with Crippen LogP contribution in [0.3, 0.4) is 0 Å². The van der Waals surface area contributed by atoms with Gasteiger partial charge in [0.25, 0.3) is 0 Å². The third-order valence-corrected chi connectivity index (χ3v) is 2.55. The lowest BCUT2D eigenvalue weighted by atomic mass is 9.98. The van der Waals surface area contributed by atoms with E-state index in [4.69, 9.17) is 10.8 Å². The van der Waals surface area contributed by atoms with E-state index in [2.05, 4.69) is 24.7 Å². The number of nitrogens with two attached hydrogens (primary N) is 1. The Morgan fingerprint density at radius 2 is 2.15 bits per heavy atom. The summed E-state index contributed by atoms with van der Waals surface area (Å²) in [5.74, 6) is 2.81. The van der Waals surface area contributed by atoms with Gasteiger partial charge in [0, 0.05) is 18.6 Å². The molecule has 0 aromatic heterocycles. The van der Waals surface area contributed by atoms with Gasteiger partial charge in [-0.15, -0.1) is 0 Å². The zero-order valence-corrected chi connectivity index (χ0v) is 8.33. The summed E-state index contributed by atoms with van der Waals surface area (Å²) in [5.41, 5.74) is 5.87. The summed E-state index contributed by atoms with van der Waals surface area (Å²) in [6.45, 7) is 5.14. The molecule has 1 rings (SSSR count). The zero-order valence-electron chi connectivity index (χ0n) is 8.33. The molecule has 13 heavy (non-hydrogen) atoms. The molecule has 1 aliphatic rings. The van der Waals surface area contributed by atoms with E-state index < -0.39 is 0 Å². The Balaban J connectivity index is 2.64. The van der Waals surface area contributed by atoms with Crippen molar-refractivity contribution in [3.05, 3.63) is 0 Å². The van der Waals surface area contributed by atoms with Crippen LogP contribution in [0.2, 0.25) is 0 Å². The van der Waals surface area contributed by atoms with Gasteiger partial charge >= 0.3 is 0 Å². The SMILES string of the molecule is CC(C)N1C[C@H](N)CC[C@H]1C#CO. The first kappa shape index (κ1) is 10.4. The first-order valence-corrected chi connectivity index (χ1v) is 4.81. The monoisotopic (exact) mass is 182 g/mol. The molecule has 0 aromatic carbocycles. The first-order chi connectivity index (χ1) is 6.15. The molecule has 74 valence electrons. The largest absolute Gasteiger partial charge is 0.462 e. The molecule has 0 spiro atoms. The molecule has 1 fully saturated rings. The van der Waals surface area contributed by atoms with E-state index in [-0.39, 0.29) is 12.1 Å². The van der Waals surface area contributed by atoms with Gasteiger partial charge in [0.05, 0.1) is 6.04 Å². The van der Waals surface area contributed by atoms with Crippen LogP contribution in [0, 0.1) is 12.0 Å². The van der Waals surface area contributed by atoms with Crippen molar-refractivity contribution in [3.8, 4) is 12.0 Å². The highest BCUT2D eigenvalue weighted by Crippen LogP contribution is 2.18. The highest BCUT2D eigenvalue weighted by atomic mass is 16.2. The summed E-state index contributed by atoms with van der Waals surface area (Å²) < 4.78 is 0. The van der Waals surface area contributed by atoms with Gasteiger partial charge in [0.1, 0.15) is 6.11 Å². The third-order valence-electron chi connectivity index (χ3n) is 2.55. The lowest BCUT2D eigenvalue weighted by Gasteiger charge is -2.38. The van der Waals surface area contributed by atoms with Crippen LogP contribution < -0.4 is 5.73 Å². The minimum atomic E-state index is 0.185. The van der Waals surface area contributed by atoms with Gasteiger partial charge < -0.3 is 10.8 Å². The van der Waals surface area contributed by atoms with E-state index in [0.717, 1.165) is 19.4 Å². The average molecular weight is 182 g/mol.